The summed E-state index contributed by atoms with van der Waals surface area (Å²) in [7, 11) is 0. The summed E-state index contributed by atoms with van der Waals surface area (Å²) in [6.45, 7) is 2.64. The van der Waals surface area contributed by atoms with Gasteiger partial charge in [-0.15, -0.1) is 0 Å². The summed E-state index contributed by atoms with van der Waals surface area (Å²) in [6.07, 6.45) is 1.52. The minimum absolute atomic E-state index is 0.231. The van der Waals surface area contributed by atoms with Crippen LogP contribution in [0.3, 0.4) is 0 Å². The van der Waals surface area contributed by atoms with Crippen molar-refractivity contribution < 1.29 is 14.6 Å². The Morgan fingerprint density at radius 1 is 1.39 bits per heavy atom. The minimum atomic E-state index is -0.956. The summed E-state index contributed by atoms with van der Waals surface area (Å²) in [4.78, 5) is 10.8. The van der Waals surface area contributed by atoms with Gasteiger partial charge in [0, 0.05) is 6.20 Å². The molecule has 0 radical (unpaired) electrons. The standard InChI is InChI=1S/C13H14N2O3/c1-10-12(13(16)17)9-15(14-10)7-8-18-11-5-3-2-4-6-11/h2-6,9H,7-8H2,1H3,(H,16,17). The van der Waals surface area contributed by atoms with E-state index in [-0.39, 0.29) is 5.56 Å². The molecule has 0 spiro atoms. The highest BCUT2D eigenvalue weighted by atomic mass is 16.5. The van der Waals surface area contributed by atoms with Crippen LogP contribution in [0.15, 0.2) is 36.5 Å². The monoisotopic (exact) mass is 246 g/mol. The molecule has 2 rings (SSSR count). The van der Waals surface area contributed by atoms with Gasteiger partial charge in [-0.05, 0) is 19.1 Å². The van der Waals surface area contributed by atoms with Crippen LogP contribution >= 0.6 is 0 Å². The Morgan fingerprint density at radius 3 is 2.72 bits per heavy atom. The Kier molecular flexibility index (Phi) is 3.62. The number of hydrogen-bond acceptors (Lipinski definition) is 3. The second-order valence-corrected chi connectivity index (χ2v) is 3.86. The molecule has 2 aromatic rings. The maximum Gasteiger partial charge on any atom is 0.339 e. The highest BCUT2D eigenvalue weighted by molar-refractivity contribution is 5.88. The van der Waals surface area contributed by atoms with Crippen molar-refractivity contribution in [3.8, 4) is 5.75 Å². The molecule has 0 saturated carbocycles. The third kappa shape index (κ3) is 2.88. The minimum Gasteiger partial charge on any atom is -0.492 e. The van der Waals surface area contributed by atoms with Gasteiger partial charge >= 0.3 is 5.97 Å². The van der Waals surface area contributed by atoms with Crippen molar-refractivity contribution in [2.75, 3.05) is 6.61 Å². The molecule has 1 aromatic carbocycles. The molecule has 0 bridgehead atoms. The fourth-order valence-electron chi connectivity index (χ4n) is 1.62. The Balaban J connectivity index is 1.91. The Hall–Kier alpha value is -2.30. The van der Waals surface area contributed by atoms with E-state index in [2.05, 4.69) is 5.10 Å². The normalized spacial score (nSPS) is 10.3. The van der Waals surface area contributed by atoms with Crippen LogP contribution in [0.5, 0.6) is 5.75 Å². The van der Waals surface area contributed by atoms with Gasteiger partial charge in [0.25, 0.3) is 0 Å². The van der Waals surface area contributed by atoms with Gasteiger partial charge in [0.15, 0.2) is 0 Å². The van der Waals surface area contributed by atoms with Crippen LogP contribution in [0, 0.1) is 6.92 Å². The molecule has 5 heteroatoms. The predicted octanol–water partition coefficient (Wildman–Crippen LogP) is 1.97. The van der Waals surface area contributed by atoms with Gasteiger partial charge in [-0.3, -0.25) is 4.68 Å². The molecule has 18 heavy (non-hydrogen) atoms. The zero-order valence-electron chi connectivity index (χ0n) is 10.0. The number of aromatic carboxylic acids is 1. The molecule has 0 aliphatic carbocycles. The van der Waals surface area contributed by atoms with Crippen molar-refractivity contribution in [2.24, 2.45) is 0 Å². The zero-order chi connectivity index (χ0) is 13.0. The van der Waals surface area contributed by atoms with Gasteiger partial charge < -0.3 is 9.84 Å². The number of rotatable bonds is 5. The van der Waals surface area contributed by atoms with Crippen molar-refractivity contribution in [2.45, 2.75) is 13.5 Å². The van der Waals surface area contributed by atoms with Crippen molar-refractivity contribution >= 4 is 5.97 Å². The Labute approximate surface area is 105 Å². The third-order valence-electron chi connectivity index (χ3n) is 2.51. The van der Waals surface area contributed by atoms with E-state index in [1.807, 2.05) is 30.3 Å². The molecular formula is C13H14N2O3. The Bertz CT molecular complexity index is 534. The molecule has 0 unspecified atom stereocenters. The molecule has 1 N–H and O–H groups in total. The molecule has 0 fully saturated rings. The lowest BCUT2D eigenvalue weighted by atomic mass is 10.3. The summed E-state index contributed by atoms with van der Waals surface area (Å²) in [5, 5.41) is 13.0. The first-order valence-electron chi connectivity index (χ1n) is 5.62. The van der Waals surface area contributed by atoms with Gasteiger partial charge in [-0.25, -0.2) is 4.79 Å². The highest BCUT2D eigenvalue weighted by Crippen LogP contribution is 2.09. The van der Waals surface area contributed by atoms with E-state index in [1.54, 1.807) is 11.6 Å². The van der Waals surface area contributed by atoms with Crippen molar-refractivity contribution in [1.29, 1.82) is 0 Å². The van der Waals surface area contributed by atoms with E-state index in [9.17, 15) is 4.79 Å². The first kappa shape index (κ1) is 12.2. The molecule has 1 heterocycles. The van der Waals surface area contributed by atoms with Crippen LogP contribution in [-0.2, 0) is 6.54 Å². The topological polar surface area (TPSA) is 64.4 Å². The SMILES string of the molecule is Cc1nn(CCOc2ccccc2)cc1C(=O)O. The number of carboxylic acids is 1. The largest absolute Gasteiger partial charge is 0.492 e. The first-order chi connectivity index (χ1) is 8.66. The Morgan fingerprint density at radius 2 is 2.11 bits per heavy atom. The quantitative estimate of drug-likeness (QED) is 0.876. The molecule has 0 atom stereocenters. The van der Waals surface area contributed by atoms with Crippen molar-refractivity contribution in [3.63, 3.8) is 0 Å². The molecule has 1 aromatic heterocycles. The molecule has 0 aliphatic rings. The number of carboxylic acid groups (broad SMARTS) is 1. The number of ether oxygens (including phenoxy) is 1. The zero-order valence-corrected chi connectivity index (χ0v) is 10.0. The lowest BCUT2D eigenvalue weighted by molar-refractivity contribution is 0.0696. The van der Waals surface area contributed by atoms with E-state index in [0.717, 1.165) is 5.75 Å². The summed E-state index contributed by atoms with van der Waals surface area (Å²) in [5.74, 6) is -0.164. The first-order valence-corrected chi connectivity index (χ1v) is 5.62. The third-order valence-corrected chi connectivity index (χ3v) is 2.51. The van der Waals surface area contributed by atoms with E-state index in [4.69, 9.17) is 9.84 Å². The van der Waals surface area contributed by atoms with Crippen LogP contribution < -0.4 is 4.74 Å². The maximum absolute atomic E-state index is 10.8. The van der Waals surface area contributed by atoms with Gasteiger partial charge in [-0.2, -0.15) is 5.10 Å². The summed E-state index contributed by atoms with van der Waals surface area (Å²) >= 11 is 0. The predicted molar refractivity (Wildman–Crippen MR) is 65.9 cm³/mol. The maximum atomic E-state index is 10.8. The lowest BCUT2D eigenvalue weighted by Crippen LogP contribution is -2.08. The van der Waals surface area contributed by atoms with Crippen LogP contribution in [0.2, 0.25) is 0 Å². The van der Waals surface area contributed by atoms with E-state index >= 15 is 0 Å². The summed E-state index contributed by atoms with van der Waals surface area (Å²) in [6, 6.07) is 9.46. The van der Waals surface area contributed by atoms with Crippen LogP contribution in [0.1, 0.15) is 16.1 Å². The van der Waals surface area contributed by atoms with Gasteiger partial charge in [-0.1, -0.05) is 18.2 Å². The summed E-state index contributed by atoms with van der Waals surface area (Å²) < 4.78 is 7.10. The number of para-hydroxylation sites is 1. The number of hydrogen-bond donors (Lipinski definition) is 1. The van der Waals surface area contributed by atoms with Crippen LogP contribution in [-0.4, -0.2) is 27.5 Å². The molecule has 94 valence electrons. The van der Waals surface area contributed by atoms with Crippen LogP contribution in [0.25, 0.3) is 0 Å². The van der Waals surface area contributed by atoms with Gasteiger partial charge in [0.05, 0.1) is 12.2 Å². The fourth-order valence-corrected chi connectivity index (χ4v) is 1.62. The van der Waals surface area contributed by atoms with Crippen molar-refractivity contribution in [1.82, 2.24) is 9.78 Å². The average molecular weight is 246 g/mol. The molecule has 0 aliphatic heterocycles. The lowest BCUT2D eigenvalue weighted by Gasteiger charge is -2.05. The molecule has 0 saturated heterocycles. The van der Waals surface area contributed by atoms with E-state index in [0.29, 0.717) is 18.8 Å². The number of aromatic nitrogens is 2. The molecular weight excluding hydrogens is 232 g/mol. The fraction of sp³-hybridized carbons (Fsp3) is 0.231. The van der Waals surface area contributed by atoms with Gasteiger partial charge in [0.1, 0.15) is 17.9 Å². The van der Waals surface area contributed by atoms with Crippen LogP contribution in [0.4, 0.5) is 0 Å². The van der Waals surface area contributed by atoms with E-state index in [1.165, 1.54) is 6.20 Å². The average Bonchev–Trinajstić information content (AvgIpc) is 2.72. The van der Waals surface area contributed by atoms with E-state index < -0.39 is 5.97 Å². The summed E-state index contributed by atoms with van der Waals surface area (Å²) in [5.41, 5.74) is 0.747. The number of benzene rings is 1. The number of aryl methyl sites for hydroxylation is 1. The highest BCUT2D eigenvalue weighted by Gasteiger charge is 2.11. The van der Waals surface area contributed by atoms with Gasteiger partial charge in [0.2, 0.25) is 0 Å². The second-order valence-electron chi connectivity index (χ2n) is 3.86. The van der Waals surface area contributed by atoms with Crippen molar-refractivity contribution in [3.05, 3.63) is 47.8 Å². The number of nitrogens with zero attached hydrogens (tertiary/aromatic N) is 2. The molecule has 5 nitrogen and oxygen atoms in total. The number of carbonyl (C=O) groups is 1. The second kappa shape index (κ2) is 5.35. The molecule has 0 amide bonds. The smallest absolute Gasteiger partial charge is 0.339 e.